The van der Waals surface area contributed by atoms with Gasteiger partial charge in [-0.3, -0.25) is 9.69 Å². The zero-order valence-electron chi connectivity index (χ0n) is 18.2. The summed E-state index contributed by atoms with van der Waals surface area (Å²) < 4.78 is 11.1. The second-order valence-corrected chi connectivity index (χ2v) is 8.98. The van der Waals surface area contributed by atoms with Gasteiger partial charge >= 0.3 is 0 Å². The number of rotatable bonds is 5. The molecule has 0 saturated carbocycles. The minimum atomic E-state index is -0.309. The van der Waals surface area contributed by atoms with Gasteiger partial charge < -0.3 is 14.4 Å². The van der Waals surface area contributed by atoms with Crippen molar-refractivity contribution in [1.29, 1.82) is 5.26 Å². The molecule has 0 aromatic heterocycles. The van der Waals surface area contributed by atoms with Crippen LogP contribution in [0.1, 0.15) is 30.4 Å². The molecule has 32 heavy (non-hydrogen) atoms. The highest BCUT2D eigenvalue weighted by molar-refractivity contribution is 8.03. The lowest BCUT2D eigenvalue weighted by Gasteiger charge is -2.42. The van der Waals surface area contributed by atoms with Gasteiger partial charge in [0, 0.05) is 23.0 Å². The van der Waals surface area contributed by atoms with E-state index in [-0.39, 0.29) is 18.2 Å². The number of nitriles is 1. The van der Waals surface area contributed by atoms with Crippen molar-refractivity contribution in [3.63, 3.8) is 0 Å². The number of hydrogen-bond donors (Lipinski definition) is 0. The molecule has 6 nitrogen and oxygen atoms in total. The number of amides is 1. The van der Waals surface area contributed by atoms with Gasteiger partial charge in [0.05, 0.1) is 42.9 Å². The van der Waals surface area contributed by atoms with Crippen molar-refractivity contribution in [1.82, 2.24) is 4.90 Å². The number of methoxy groups -OCH3 is 1. The number of thioether (sulfide) groups is 1. The number of anilines is 1. The Morgan fingerprint density at radius 2 is 2.06 bits per heavy atom. The quantitative estimate of drug-likeness (QED) is 0.594. The topological polar surface area (TPSA) is 65.8 Å². The van der Waals surface area contributed by atoms with Gasteiger partial charge in [0.1, 0.15) is 0 Å². The molecule has 0 spiro atoms. The average Bonchev–Trinajstić information content (AvgIpc) is 2.81. The Morgan fingerprint density at radius 3 is 2.75 bits per heavy atom. The number of ether oxygens (including phenoxy) is 2. The molecule has 8 heteroatoms. The zero-order valence-corrected chi connectivity index (χ0v) is 19.8. The van der Waals surface area contributed by atoms with Crippen molar-refractivity contribution in [2.75, 3.05) is 31.2 Å². The van der Waals surface area contributed by atoms with E-state index in [1.165, 1.54) is 11.8 Å². The minimum absolute atomic E-state index is 0.00717. The number of halogens is 1. The minimum Gasteiger partial charge on any atom is -0.493 e. The van der Waals surface area contributed by atoms with Crippen LogP contribution in [0.25, 0.3) is 0 Å². The van der Waals surface area contributed by atoms with Crippen LogP contribution in [0.3, 0.4) is 0 Å². The molecule has 2 aliphatic rings. The van der Waals surface area contributed by atoms with Crippen LogP contribution < -0.4 is 14.4 Å². The summed E-state index contributed by atoms with van der Waals surface area (Å²) >= 11 is 7.81. The Hall–Kier alpha value is -2.82. The maximum atomic E-state index is 13.2. The Morgan fingerprint density at radius 1 is 1.25 bits per heavy atom. The van der Waals surface area contributed by atoms with Crippen molar-refractivity contribution < 1.29 is 14.3 Å². The molecule has 0 unspecified atom stereocenters. The Bertz CT molecular complexity index is 1130. The zero-order chi connectivity index (χ0) is 22.8. The standard InChI is InChI=1S/C24H24ClN3O3S/c1-4-31-21-8-6-16(9-22(21)30-3)18-11-23(29)28-13-27(14-32-24(28)19(18)12-26)17-7-5-15(2)20(25)10-17/h5-10,18H,4,11,13-14H2,1-3H3/t18-/m1/s1. The number of aryl methyl sites for hydroxylation is 1. The van der Waals surface area contributed by atoms with E-state index < -0.39 is 0 Å². The fourth-order valence-electron chi connectivity index (χ4n) is 3.96. The van der Waals surface area contributed by atoms with Crippen LogP contribution >= 0.6 is 23.4 Å². The van der Waals surface area contributed by atoms with Crippen LogP contribution in [0, 0.1) is 18.3 Å². The van der Waals surface area contributed by atoms with Crippen LogP contribution in [0.4, 0.5) is 5.69 Å². The highest BCUT2D eigenvalue weighted by atomic mass is 35.5. The predicted molar refractivity (Wildman–Crippen MR) is 127 cm³/mol. The maximum Gasteiger partial charge on any atom is 0.229 e. The number of carbonyl (C=O) groups excluding carboxylic acids is 1. The number of fused-ring (bicyclic) bond motifs is 1. The van der Waals surface area contributed by atoms with Gasteiger partial charge in [-0.2, -0.15) is 5.26 Å². The van der Waals surface area contributed by atoms with Crippen molar-refractivity contribution in [3.05, 3.63) is 63.1 Å². The molecule has 1 fully saturated rings. The lowest BCUT2D eigenvalue weighted by molar-refractivity contribution is -0.129. The fourth-order valence-corrected chi connectivity index (χ4v) is 5.31. The van der Waals surface area contributed by atoms with E-state index in [4.69, 9.17) is 21.1 Å². The third-order valence-electron chi connectivity index (χ3n) is 5.70. The first-order valence-electron chi connectivity index (χ1n) is 10.4. The average molecular weight is 470 g/mol. The maximum absolute atomic E-state index is 13.2. The van der Waals surface area contributed by atoms with Crippen LogP contribution in [0.15, 0.2) is 47.0 Å². The van der Waals surface area contributed by atoms with Crippen LogP contribution in [-0.2, 0) is 4.79 Å². The van der Waals surface area contributed by atoms with E-state index in [1.807, 2.05) is 50.2 Å². The molecule has 0 bridgehead atoms. The summed E-state index contributed by atoms with van der Waals surface area (Å²) in [6, 6.07) is 13.9. The SMILES string of the molecule is CCOc1ccc([C@H]2CC(=O)N3CN(c4ccc(C)c(Cl)c4)CSC3=C2C#N)cc1OC. The molecule has 0 aliphatic carbocycles. The van der Waals surface area contributed by atoms with E-state index in [0.717, 1.165) is 21.8 Å². The highest BCUT2D eigenvalue weighted by Crippen LogP contribution is 2.44. The molecule has 2 aromatic carbocycles. The lowest BCUT2D eigenvalue weighted by Crippen LogP contribution is -2.47. The molecule has 1 amide bonds. The van der Waals surface area contributed by atoms with Crippen LogP contribution in [0.5, 0.6) is 11.5 Å². The number of nitrogens with zero attached hydrogens (tertiary/aromatic N) is 3. The van der Waals surface area contributed by atoms with E-state index >= 15 is 0 Å². The second-order valence-electron chi connectivity index (χ2n) is 7.64. The summed E-state index contributed by atoms with van der Waals surface area (Å²) in [4.78, 5) is 17.0. The summed E-state index contributed by atoms with van der Waals surface area (Å²) in [5.74, 6) is 1.56. The molecular formula is C24H24ClN3O3S. The number of hydrogen-bond acceptors (Lipinski definition) is 6. The number of allylic oxidation sites excluding steroid dienone is 1. The summed E-state index contributed by atoms with van der Waals surface area (Å²) in [6.45, 7) is 4.79. The summed E-state index contributed by atoms with van der Waals surface area (Å²) in [5.41, 5.74) is 3.45. The van der Waals surface area contributed by atoms with E-state index in [9.17, 15) is 10.1 Å². The van der Waals surface area contributed by atoms with Gasteiger partial charge in [0.25, 0.3) is 0 Å². The van der Waals surface area contributed by atoms with Crippen molar-refractivity contribution in [2.45, 2.75) is 26.2 Å². The number of benzene rings is 2. The second kappa shape index (κ2) is 9.35. The van der Waals surface area contributed by atoms with E-state index in [2.05, 4.69) is 11.0 Å². The molecular weight excluding hydrogens is 446 g/mol. The fraction of sp³-hybridized carbons (Fsp3) is 0.333. The number of carbonyl (C=O) groups is 1. The van der Waals surface area contributed by atoms with Gasteiger partial charge in [-0.15, -0.1) is 0 Å². The highest BCUT2D eigenvalue weighted by Gasteiger charge is 2.38. The molecule has 0 N–H and O–H groups in total. The van der Waals surface area contributed by atoms with Crippen LogP contribution in [-0.4, -0.2) is 37.1 Å². The molecule has 166 valence electrons. The smallest absolute Gasteiger partial charge is 0.229 e. The predicted octanol–water partition coefficient (Wildman–Crippen LogP) is 5.28. The van der Waals surface area contributed by atoms with Crippen molar-refractivity contribution in [3.8, 4) is 17.6 Å². The molecule has 2 aliphatic heterocycles. The Balaban J connectivity index is 1.65. The van der Waals surface area contributed by atoms with E-state index in [0.29, 0.717) is 41.2 Å². The summed E-state index contributed by atoms with van der Waals surface area (Å²) in [5, 5.41) is 11.4. The Kier molecular flexibility index (Phi) is 6.54. The van der Waals surface area contributed by atoms with Gasteiger partial charge in [0.2, 0.25) is 5.91 Å². The first kappa shape index (κ1) is 22.4. The van der Waals surface area contributed by atoms with Crippen molar-refractivity contribution >= 4 is 35.0 Å². The van der Waals surface area contributed by atoms with Gasteiger partial charge in [0.15, 0.2) is 11.5 Å². The molecule has 0 radical (unpaired) electrons. The van der Waals surface area contributed by atoms with Gasteiger partial charge in [-0.1, -0.05) is 35.5 Å². The van der Waals surface area contributed by atoms with Crippen LogP contribution in [0.2, 0.25) is 5.02 Å². The lowest BCUT2D eigenvalue weighted by atomic mass is 9.86. The monoisotopic (exact) mass is 469 g/mol. The first-order valence-corrected chi connectivity index (χ1v) is 11.7. The molecule has 2 aromatic rings. The van der Waals surface area contributed by atoms with Gasteiger partial charge in [-0.05, 0) is 49.2 Å². The third-order valence-corrected chi connectivity index (χ3v) is 7.27. The molecule has 2 heterocycles. The molecule has 1 saturated heterocycles. The Labute approximate surface area is 197 Å². The van der Waals surface area contributed by atoms with E-state index in [1.54, 1.807) is 12.0 Å². The van der Waals surface area contributed by atoms with Gasteiger partial charge in [-0.25, -0.2) is 0 Å². The third kappa shape index (κ3) is 4.13. The summed E-state index contributed by atoms with van der Waals surface area (Å²) in [6.07, 6.45) is 0.229. The first-order chi connectivity index (χ1) is 15.5. The molecule has 4 rings (SSSR count). The normalized spacial score (nSPS) is 18.3. The molecule has 1 atom stereocenters. The largest absolute Gasteiger partial charge is 0.493 e. The summed E-state index contributed by atoms with van der Waals surface area (Å²) in [7, 11) is 1.59. The van der Waals surface area contributed by atoms with Crippen molar-refractivity contribution in [2.24, 2.45) is 0 Å².